The van der Waals surface area contributed by atoms with Crippen LogP contribution in [0.25, 0.3) is 0 Å². The van der Waals surface area contributed by atoms with Gasteiger partial charge in [0.05, 0.1) is 3.79 Å². The molecule has 18 heavy (non-hydrogen) atoms. The first-order valence-electron chi connectivity index (χ1n) is 6.27. The van der Waals surface area contributed by atoms with Crippen molar-refractivity contribution in [3.63, 3.8) is 0 Å². The van der Waals surface area contributed by atoms with Crippen molar-refractivity contribution in [3.05, 3.63) is 15.9 Å². The van der Waals surface area contributed by atoms with Crippen molar-refractivity contribution < 1.29 is 8.42 Å². The van der Waals surface area contributed by atoms with E-state index in [1.165, 1.54) is 11.3 Å². The van der Waals surface area contributed by atoms with Crippen LogP contribution in [0.4, 0.5) is 0 Å². The van der Waals surface area contributed by atoms with E-state index in [1.807, 2.05) is 0 Å². The maximum absolute atomic E-state index is 12.5. The van der Waals surface area contributed by atoms with E-state index >= 15 is 0 Å². The summed E-state index contributed by atoms with van der Waals surface area (Å²) in [5.74, 6) is 0. The number of rotatable bonds is 8. The maximum atomic E-state index is 12.5. The molecule has 0 atom stereocenters. The first-order valence-corrected chi connectivity index (χ1v) is 9.32. The zero-order valence-corrected chi connectivity index (χ0v) is 14.1. The van der Waals surface area contributed by atoms with Crippen LogP contribution < -0.4 is 0 Å². The molecule has 1 rings (SSSR count). The fourth-order valence-electron chi connectivity index (χ4n) is 1.58. The second kappa shape index (κ2) is 7.62. The van der Waals surface area contributed by atoms with E-state index in [-0.39, 0.29) is 0 Å². The van der Waals surface area contributed by atoms with Crippen molar-refractivity contribution in [1.82, 2.24) is 4.31 Å². The minimum Gasteiger partial charge on any atom is -0.206 e. The van der Waals surface area contributed by atoms with E-state index in [4.69, 9.17) is 0 Å². The van der Waals surface area contributed by atoms with Gasteiger partial charge in [-0.2, -0.15) is 4.31 Å². The lowest BCUT2D eigenvalue weighted by atomic mass is 10.3. The molecule has 1 heterocycles. The average Bonchev–Trinajstić information content (AvgIpc) is 2.76. The summed E-state index contributed by atoms with van der Waals surface area (Å²) in [4.78, 5) is 0. The van der Waals surface area contributed by atoms with Crippen LogP contribution in [0.15, 0.2) is 20.1 Å². The molecule has 104 valence electrons. The number of unbranched alkanes of at least 4 members (excludes halogenated alkanes) is 2. The first kappa shape index (κ1) is 16.1. The van der Waals surface area contributed by atoms with Crippen LogP contribution in [0, 0.1) is 0 Å². The third-order valence-corrected chi connectivity index (χ3v) is 6.65. The van der Waals surface area contributed by atoms with Crippen molar-refractivity contribution >= 4 is 37.3 Å². The van der Waals surface area contributed by atoms with Gasteiger partial charge in [0.2, 0.25) is 0 Å². The van der Waals surface area contributed by atoms with Crippen molar-refractivity contribution in [2.45, 2.75) is 43.7 Å². The fourth-order valence-corrected chi connectivity index (χ4v) is 5.27. The van der Waals surface area contributed by atoms with E-state index in [0.29, 0.717) is 17.3 Å². The molecule has 3 nitrogen and oxygen atoms in total. The van der Waals surface area contributed by atoms with Crippen LogP contribution in [0.3, 0.4) is 0 Å². The predicted molar refractivity (Wildman–Crippen MR) is 80.6 cm³/mol. The first-order chi connectivity index (χ1) is 8.52. The highest BCUT2D eigenvalue weighted by Crippen LogP contribution is 2.28. The Morgan fingerprint density at radius 3 is 2.11 bits per heavy atom. The van der Waals surface area contributed by atoms with Crippen LogP contribution in [0.5, 0.6) is 0 Å². The van der Waals surface area contributed by atoms with Gasteiger partial charge in [-0.15, -0.1) is 11.3 Å². The Bertz CT molecular complexity index is 448. The molecule has 0 bridgehead atoms. The highest BCUT2D eigenvalue weighted by molar-refractivity contribution is 9.11. The normalized spacial score (nSPS) is 12.2. The second-order valence-electron chi connectivity index (χ2n) is 4.17. The van der Waals surface area contributed by atoms with Gasteiger partial charge in [0.25, 0.3) is 10.0 Å². The molecule has 0 aliphatic carbocycles. The van der Waals surface area contributed by atoms with E-state index in [2.05, 4.69) is 29.8 Å². The molecule has 0 saturated carbocycles. The zero-order valence-electron chi connectivity index (χ0n) is 10.9. The van der Waals surface area contributed by atoms with Crippen LogP contribution >= 0.6 is 27.3 Å². The Balaban J connectivity index is 2.88. The molecular formula is C12H20BrNO2S2. The summed E-state index contributed by atoms with van der Waals surface area (Å²) in [6, 6.07) is 3.46. The standard InChI is InChI=1S/C12H20BrNO2S2/c1-3-5-9-14(10-6-4-2)18(15,16)12-8-7-11(13)17-12/h7-8H,3-6,9-10H2,1-2H3. The largest absolute Gasteiger partial charge is 0.252 e. The van der Waals surface area contributed by atoms with Gasteiger partial charge in [-0.05, 0) is 40.9 Å². The molecule has 0 aromatic carbocycles. The predicted octanol–water partition coefficient (Wildman–Crippen LogP) is 4.10. The van der Waals surface area contributed by atoms with Gasteiger partial charge < -0.3 is 0 Å². The van der Waals surface area contributed by atoms with E-state index in [0.717, 1.165) is 29.5 Å². The minimum atomic E-state index is -3.30. The summed E-state index contributed by atoms with van der Waals surface area (Å²) >= 11 is 4.59. The summed E-state index contributed by atoms with van der Waals surface area (Å²) < 4.78 is 27.9. The highest BCUT2D eigenvalue weighted by atomic mass is 79.9. The van der Waals surface area contributed by atoms with Gasteiger partial charge >= 0.3 is 0 Å². The van der Waals surface area contributed by atoms with Crippen molar-refractivity contribution in [2.75, 3.05) is 13.1 Å². The molecule has 0 unspecified atom stereocenters. The molecule has 0 fully saturated rings. The lowest BCUT2D eigenvalue weighted by Gasteiger charge is -2.20. The number of halogens is 1. The summed E-state index contributed by atoms with van der Waals surface area (Å²) in [6.45, 7) is 5.39. The molecule has 1 aromatic rings. The van der Waals surface area contributed by atoms with Crippen LogP contribution in [0.1, 0.15) is 39.5 Å². The minimum absolute atomic E-state index is 0.432. The number of nitrogens with zero attached hydrogens (tertiary/aromatic N) is 1. The van der Waals surface area contributed by atoms with Gasteiger partial charge in [-0.25, -0.2) is 8.42 Å². The lowest BCUT2D eigenvalue weighted by Crippen LogP contribution is -2.32. The zero-order chi connectivity index (χ0) is 13.6. The van der Waals surface area contributed by atoms with Gasteiger partial charge in [-0.1, -0.05) is 26.7 Å². The Morgan fingerprint density at radius 2 is 1.72 bits per heavy atom. The van der Waals surface area contributed by atoms with Crippen molar-refractivity contribution in [3.8, 4) is 0 Å². The Labute approximate surface area is 122 Å². The Morgan fingerprint density at radius 1 is 1.17 bits per heavy atom. The van der Waals surface area contributed by atoms with E-state index in [1.54, 1.807) is 16.4 Å². The molecule has 0 aliphatic heterocycles. The molecule has 0 aliphatic rings. The summed E-state index contributed by atoms with van der Waals surface area (Å²) in [5, 5.41) is 0. The SMILES string of the molecule is CCCCN(CCCC)S(=O)(=O)c1ccc(Br)s1. The quantitative estimate of drug-likeness (QED) is 0.705. The van der Waals surface area contributed by atoms with Gasteiger partial charge in [-0.3, -0.25) is 0 Å². The van der Waals surface area contributed by atoms with Gasteiger partial charge in [0.1, 0.15) is 4.21 Å². The van der Waals surface area contributed by atoms with E-state index < -0.39 is 10.0 Å². The van der Waals surface area contributed by atoms with Gasteiger partial charge in [0, 0.05) is 13.1 Å². The second-order valence-corrected chi connectivity index (χ2v) is 8.80. The third-order valence-electron chi connectivity index (χ3n) is 2.66. The molecule has 0 radical (unpaired) electrons. The number of sulfonamides is 1. The summed E-state index contributed by atoms with van der Waals surface area (Å²) in [7, 11) is -3.30. The molecule has 1 aromatic heterocycles. The molecule has 0 amide bonds. The molecular weight excluding hydrogens is 334 g/mol. The van der Waals surface area contributed by atoms with Crippen LogP contribution in [-0.4, -0.2) is 25.8 Å². The Hall–Kier alpha value is 0.0900. The summed E-state index contributed by atoms with van der Waals surface area (Å²) in [5.41, 5.74) is 0. The third kappa shape index (κ3) is 4.33. The monoisotopic (exact) mass is 353 g/mol. The van der Waals surface area contributed by atoms with Crippen LogP contribution in [0.2, 0.25) is 0 Å². The topological polar surface area (TPSA) is 37.4 Å². The Kier molecular flexibility index (Phi) is 6.84. The maximum Gasteiger partial charge on any atom is 0.252 e. The molecule has 0 spiro atoms. The van der Waals surface area contributed by atoms with Gasteiger partial charge in [0.15, 0.2) is 0 Å². The van der Waals surface area contributed by atoms with Crippen molar-refractivity contribution in [2.24, 2.45) is 0 Å². The van der Waals surface area contributed by atoms with E-state index in [9.17, 15) is 8.42 Å². The highest BCUT2D eigenvalue weighted by Gasteiger charge is 2.24. The molecule has 0 N–H and O–H groups in total. The molecule has 0 saturated heterocycles. The van der Waals surface area contributed by atoms with Crippen molar-refractivity contribution in [1.29, 1.82) is 0 Å². The fraction of sp³-hybridized carbons (Fsp3) is 0.667. The number of hydrogen-bond acceptors (Lipinski definition) is 3. The summed E-state index contributed by atoms with van der Waals surface area (Å²) in [6.07, 6.45) is 3.84. The number of thiophene rings is 1. The smallest absolute Gasteiger partial charge is 0.206 e. The molecule has 6 heteroatoms. The number of hydrogen-bond donors (Lipinski definition) is 0. The van der Waals surface area contributed by atoms with Crippen LogP contribution in [-0.2, 0) is 10.0 Å². The lowest BCUT2D eigenvalue weighted by molar-refractivity contribution is 0.396. The average molecular weight is 354 g/mol.